The quantitative estimate of drug-likeness (QED) is 0.124. The summed E-state index contributed by atoms with van der Waals surface area (Å²) in [4.78, 5) is 51.9. The van der Waals surface area contributed by atoms with Gasteiger partial charge in [-0.05, 0) is 46.9 Å². The Labute approximate surface area is 288 Å². The summed E-state index contributed by atoms with van der Waals surface area (Å²) in [5.41, 5.74) is 1.88. The average molecular weight is 735 g/mol. The number of carbonyl (C=O) groups is 4. The van der Waals surface area contributed by atoms with Gasteiger partial charge in [0.05, 0.1) is 16.1 Å². The van der Waals surface area contributed by atoms with Crippen molar-refractivity contribution in [2.24, 2.45) is 5.92 Å². The number of carbonyl (C=O) groups excluding carboxylic acids is 4. The first-order chi connectivity index (χ1) is 22.4. The average Bonchev–Trinajstić information content (AvgIpc) is 3.02. The van der Waals surface area contributed by atoms with Crippen LogP contribution >= 0.6 is 34.8 Å². The summed E-state index contributed by atoms with van der Waals surface area (Å²) in [6.45, 7) is 0.497. The third kappa shape index (κ3) is 10.9. The highest BCUT2D eigenvalue weighted by Gasteiger charge is 2.52. The predicted octanol–water partition coefficient (Wildman–Crippen LogP) is 6.92. The number of alkyl halides is 5. The van der Waals surface area contributed by atoms with E-state index in [9.17, 15) is 41.1 Å². The number of Topliss-reactive ketones (excluding diaryl/α,β-unsaturated/α-hetero) is 1. The standard InChI is InChI=1S/C33H31Cl3F5N3O4/c1-18(2)28(29(46)33(40,41)31(48)42-17-32(37,38)39)44-30(47)26(14-19-8-11-22(34)12-9-19)43-27(45)16-23(20-6-4-3-5-7-20)21-10-13-24(35)25(36)15-21/h3-13,15,18,23,26,28H,14,16-17H2,1-2H3,(H,42,48)(H,43,45)(H,44,47)/t23?,26-,28-/m0/s1. The van der Waals surface area contributed by atoms with E-state index in [0.29, 0.717) is 21.2 Å². The Kier molecular flexibility index (Phi) is 13.4. The summed E-state index contributed by atoms with van der Waals surface area (Å²) in [7, 11) is 0. The molecule has 3 rings (SSSR count). The number of nitrogens with one attached hydrogen (secondary N) is 3. The van der Waals surface area contributed by atoms with E-state index in [1.54, 1.807) is 60.7 Å². The highest BCUT2D eigenvalue weighted by atomic mass is 35.5. The molecule has 0 spiro atoms. The van der Waals surface area contributed by atoms with Crippen LogP contribution in [0.5, 0.6) is 0 Å². The zero-order valence-electron chi connectivity index (χ0n) is 25.5. The molecule has 0 radical (unpaired) electrons. The summed E-state index contributed by atoms with van der Waals surface area (Å²) >= 11 is 18.3. The lowest BCUT2D eigenvalue weighted by molar-refractivity contribution is -0.165. The van der Waals surface area contributed by atoms with Crippen molar-refractivity contribution in [3.8, 4) is 0 Å². The Hall–Kier alpha value is -3.74. The Morgan fingerprint density at radius 3 is 1.96 bits per heavy atom. The van der Waals surface area contributed by atoms with Crippen molar-refractivity contribution in [2.45, 2.75) is 56.8 Å². The van der Waals surface area contributed by atoms with Crippen LogP contribution in [0, 0.1) is 5.92 Å². The van der Waals surface area contributed by atoms with Crippen LogP contribution in [0.3, 0.4) is 0 Å². The molecule has 7 nitrogen and oxygen atoms in total. The first kappa shape index (κ1) is 38.7. The molecule has 0 saturated carbocycles. The molecule has 3 amide bonds. The lowest BCUT2D eigenvalue weighted by Gasteiger charge is -2.28. The highest BCUT2D eigenvalue weighted by Crippen LogP contribution is 2.32. The third-order valence-corrected chi connectivity index (χ3v) is 8.22. The van der Waals surface area contributed by atoms with Gasteiger partial charge in [-0.25, -0.2) is 0 Å². The molecule has 0 heterocycles. The molecule has 15 heteroatoms. The van der Waals surface area contributed by atoms with E-state index >= 15 is 0 Å². The molecule has 0 aliphatic heterocycles. The minimum absolute atomic E-state index is 0.168. The van der Waals surface area contributed by atoms with E-state index in [2.05, 4.69) is 10.6 Å². The van der Waals surface area contributed by atoms with Crippen LogP contribution in [-0.2, 0) is 25.6 Å². The normalized spacial score (nSPS) is 13.7. The van der Waals surface area contributed by atoms with Gasteiger partial charge in [0.2, 0.25) is 17.6 Å². The van der Waals surface area contributed by atoms with Crippen molar-refractivity contribution in [1.82, 2.24) is 16.0 Å². The van der Waals surface area contributed by atoms with E-state index in [1.807, 2.05) is 0 Å². The number of ketones is 1. The number of halogens is 8. The maximum absolute atomic E-state index is 14.8. The van der Waals surface area contributed by atoms with Gasteiger partial charge in [-0.15, -0.1) is 0 Å². The Morgan fingerprint density at radius 2 is 1.40 bits per heavy atom. The van der Waals surface area contributed by atoms with Crippen molar-refractivity contribution >= 4 is 58.3 Å². The smallest absolute Gasteiger partial charge is 0.344 e. The summed E-state index contributed by atoms with van der Waals surface area (Å²) < 4.78 is 67.1. The van der Waals surface area contributed by atoms with Gasteiger partial charge in [0.25, 0.3) is 5.91 Å². The molecule has 0 fully saturated rings. The van der Waals surface area contributed by atoms with Crippen LogP contribution in [0.15, 0.2) is 72.8 Å². The molecular weight excluding hydrogens is 704 g/mol. The Morgan fingerprint density at radius 1 is 0.771 bits per heavy atom. The Bertz CT molecular complexity index is 1610. The monoisotopic (exact) mass is 733 g/mol. The van der Waals surface area contributed by atoms with Crippen molar-refractivity contribution in [1.29, 1.82) is 0 Å². The fourth-order valence-corrected chi connectivity index (χ4v) is 5.17. The first-order valence-corrected chi connectivity index (χ1v) is 15.6. The fraction of sp³-hybridized carbons (Fsp3) is 0.333. The number of amides is 3. The number of benzene rings is 3. The second-order valence-corrected chi connectivity index (χ2v) is 12.5. The lowest BCUT2D eigenvalue weighted by Crippen LogP contribution is -2.59. The van der Waals surface area contributed by atoms with Gasteiger partial charge in [-0.1, -0.05) is 97.2 Å². The fourth-order valence-electron chi connectivity index (χ4n) is 4.73. The molecule has 3 atom stereocenters. The maximum atomic E-state index is 14.8. The van der Waals surface area contributed by atoms with Gasteiger partial charge < -0.3 is 16.0 Å². The molecular formula is C33H31Cl3F5N3O4. The Balaban J connectivity index is 1.89. The van der Waals surface area contributed by atoms with Crippen molar-refractivity contribution < 1.29 is 41.1 Å². The lowest BCUT2D eigenvalue weighted by atomic mass is 9.88. The zero-order chi connectivity index (χ0) is 35.8. The van der Waals surface area contributed by atoms with Gasteiger partial charge in [-0.2, -0.15) is 22.0 Å². The molecule has 3 N–H and O–H groups in total. The second-order valence-electron chi connectivity index (χ2n) is 11.3. The molecule has 0 aromatic heterocycles. The molecule has 1 unspecified atom stereocenters. The van der Waals surface area contributed by atoms with Gasteiger partial charge >= 0.3 is 12.1 Å². The van der Waals surface area contributed by atoms with Crippen LogP contribution in [0.1, 0.15) is 42.9 Å². The van der Waals surface area contributed by atoms with Crippen molar-refractivity contribution in [3.63, 3.8) is 0 Å². The van der Waals surface area contributed by atoms with Crippen LogP contribution in [0.25, 0.3) is 0 Å². The van der Waals surface area contributed by atoms with E-state index in [4.69, 9.17) is 34.8 Å². The molecule has 0 aliphatic carbocycles. The summed E-state index contributed by atoms with van der Waals surface area (Å²) in [5.74, 6) is -12.8. The van der Waals surface area contributed by atoms with Crippen molar-refractivity contribution in [2.75, 3.05) is 6.54 Å². The topological polar surface area (TPSA) is 104 Å². The highest BCUT2D eigenvalue weighted by molar-refractivity contribution is 6.42. The molecule has 0 aliphatic rings. The molecule has 0 saturated heterocycles. The van der Waals surface area contributed by atoms with E-state index in [0.717, 1.165) is 10.9 Å². The number of rotatable bonds is 14. The van der Waals surface area contributed by atoms with Crippen molar-refractivity contribution in [3.05, 3.63) is 105 Å². The first-order valence-electron chi connectivity index (χ1n) is 14.5. The molecule has 3 aromatic carbocycles. The molecule has 258 valence electrons. The molecule has 3 aromatic rings. The third-order valence-electron chi connectivity index (χ3n) is 7.23. The minimum Gasteiger partial charge on any atom is -0.344 e. The van der Waals surface area contributed by atoms with Gasteiger partial charge in [0.15, 0.2) is 0 Å². The molecule has 0 bridgehead atoms. The summed E-state index contributed by atoms with van der Waals surface area (Å²) in [5, 5.41) is 6.72. The van der Waals surface area contributed by atoms with Crippen LogP contribution in [0.4, 0.5) is 22.0 Å². The largest absolute Gasteiger partial charge is 0.405 e. The van der Waals surface area contributed by atoms with E-state index < -0.39 is 66.1 Å². The van der Waals surface area contributed by atoms with Gasteiger partial charge in [-0.3, -0.25) is 19.2 Å². The number of hydrogen-bond donors (Lipinski definition) is 3. The number of hydrogen-bond acceptors (Lipinski definition) is 4. The molecule has 48 heavy (non-hydrogen) atoms. The SMILES string of the molecule is CC(C)[C@H](NC(=O)[C@H](Cc1ccc(Cl)cc1)NC(=O)CC(c1ccccc1)c1ccc(Cl)c(Cl)c1)C(=O)C(F)(F)C(=O)NCC(F)(F)F. The second kappa shape index (κ2) is 16.6. The van der Waals surface area contributed by atoms with E-state index in [1.165, 1.54) is 26.0 Å². The zero-order valence-corrected chi connectivity index (χ0v) is 27.8. The van der Waals surface area contributed by atoms with Gasteiger partial charge in [0, 0.05) is 23.8 Å². The predicted molar refractivity (Wildman–Crippen MR) is 172 cm³/mol. The van der Waals surface area contributed by atoms with E-state index in [-0.39, 0.29) is 17.9 Å². The van der Waals surface area contributed by atoms with Crippen LogP contribution in [-0.4, -0.2) is 54.2 Å². The van der Waals surface area contributed by atoms with Crippen LogP contribution < -0.4 is 16.0 Å². The summed E-state index contributed by atoms with van der Waals surface area (Å²) in [6, 6.07) is 16.6. The van der Waals surface area contributed by atoms with Gasteiger partial charge in [0.1, 0.15) is 12.6 Å². The maximum Gasteiger partial charge on any atom is 0.405 e. The minimum atomic E-state index is -5.01. The summed E-state index contributed by atoms with van der Waals surface area (Å²) in [6.07, 6.45) is -5.37. The van der Waals surface area contributed by atoms with Crippen LogP contribution in [0.2, 0.25) is 15.1 Å².